The second-order valence-corrected chi connectivity index (χ2v) is 8.40. The highest BCUT2D eigenvalue weighted by Gasteiger charge is 2.19. The zero-order chi connectivity index (χ0) is 18.7. The van der Waals surface area contributed by atoms with Crippen LogP contribution in [0.2, 0.25) is 10.0 Å². The van der Waals surface area contributed by atoms with Crippen LogP contribution in [-0.4, -0.2) is 32.4 Å². The van der Waals surface area contributed by atoms with Crippen molar-refractivity contribution >= 4 is 50.6 Å². The number of carbonyl (C=O) groups is 1. The van der Waals surface area contributed by atoms with Gasteiger partial charge < -0.3 is 10.2 Å². The minimum atomic E-state index is -3.81. The van der Waals surface area contributed by atoms with Crippen LogP contribution in [0.4, 0.5) is 16.2 Å². The predicted molar refractivity (Wildman–Crippen MR) is 104 cm³/mol. The van der Waals surface area contributed by atoms with E-state index >= 15 is 0 Å². The Hall–Kier alpha value is -1.96. The van der Waals surface area contributed by atoms with Gasteiger partial charge in [0.15, 0.2) is 0 Å². The Morgan fingerprint density at radius 2 is 1.65 bits per heavy atom. The molecule has 2 amide bonds. The molecule has 1 aliphatic heterocycles. The molecule has 0 atom stereocenters. The van der Waals surface area contributed by atoms with E-state index in [4.69, 9.17) is 23.2 Å². The number of sulfonamides is 1. The molecule has 6 nitrogen and oxygen atoms in total. The van der Waals surface area contributed by atoms with Gasteiger partial charge in [0.1, 0.15) is 0 Å². The first-order valence-electron chi connectivity index (χ1n) is 7.99. The molecule has 0 spiro atoms. The zero-order valence-corrected chi connectivity index (χ0v) is 16.0. The lowest BCUT2D eigenvalue weighted by Crippen LogP contribution is -2.32. The highest BCUT2D eigenvalue weighted by molar-refractivity contribution is 7.92. The summed E-state index contributed by atoms with van der Waals surface area (Å²) in [5.41, 5.74) is 0.771. The summed E-state index contributed by atoms with van der Waals surface area (Å²) in [7, 11) is -3.81. The highest BCUT2D eigenvalue weighted by atomic mass is 35.5. The highest BCUT2D eigenvalue weighted by Crippen LogP contribution is 2.28. The largest absolute Gasteiger partial charge is 0.325 e. The number of halogens is 2. The first-order valence-corrected chi connectivity index (χ1v) is 10.2. The van der Waals surface area contributed by atoms with Gasteiger partial charge in [-0.1, -0.05) is 23.2 Å². The van der Waals surface area contributed by atoms with E-state index in [1.165, 1.54) is 24.3 Å². The molecule has 9 heteroatoms. The van der Waals surface area contributed by atoms with Gasteiger partial charge >= 0.3 is 6.03 Å². The SMILES string of the molecule is O=C(Nc1ccc(S(=O)(=O)Nc2ccc(Cl)cc2Cl)cc1)N1CCCC1. The summed E-state index contributed by atoms with van der Waals surface area (Å²) in [6.07, 6.45) is 2.01. The summed E-state index contributed by atoms with van der Waals surface area (Å²) in [6.45, 7) is 1.48. The maximum Gasteiger partial charge on any atom is 0.321 e. The molecule has 0 saturated carbocycles. The van der Waals surface area contributed by atoms with Gasteiger partial charge in [0.2, 0.25) is 0 Å². The number of amides is 2. The van der Waals surface area contributed by atoms with Gasteiger partial charge in [-0.15, -0.1) is 0 Å². The van der Waals surface area contributed by atoms with Gasteiger partial charge in [-0.05, 0) is 55.3 Å². The molecule has 3 rings (SSSR count). The summed E-state index contributed by atoms with van der Waals surface area (Å²) in [5, 5.41) is 3.38. The Morgan fingerprint density at radius 3 is 2.27 bits per heavy atom. The third-order valence-electron chi connectivity index (χ3n) is 3.98. The van der Waals surface area contributed by atoms with Crippen molar-refractivity contribution in [1.82, 2.24) is 4.90 Å². The number of hydrogen-bond donors (Lipinski definition) is 2. The molecule has 1 heterocycles. The zero-order valence-electron chi connectivity index (χ0n) is 13.7. The van der Waals surface area contributed by atoms with Crippen molar-refractivity contribution in [2.75, 3.05) is 23.1 Å². The maximum atomic E-state index is 12.5. The number of likely N-dealkylation sites (tertiary alicyclic amines) is 1. The normalized spacial score (nSPS) is 14.3. The van der Waals surface area contributed by atoms with Crippen molar-refractivity contribution in [3.8, 4) is 0 Å². The minimum Gasteiger partial charge on any atom is -0.325 e. The molecule has 138 valence electrons. The van der Waals surface area contributed by atoms with Crippen LogP contribution >= 0.6 is 23.2 Å². The number of anilines is 2. The van der Waals surface area contributed by atoms with E-state index in [2.05, 4.69) is 10.0 Å². The average Bonchev–Trinajstić information content (AvgIpc) is 3.13. The van der Waals surface area contributed by atoms with Gasteiger partial charge in [-0.3, -0.25) is 4.72 Å². The molecule has 2 aromatic carbocycles. The lowest BCUT2D eigenvalue weighted by atomic mass is 10.3. The summed E-state index contributed by atoms with van der Waals surface area (Å²) < 4.78 is 27.4. The van der Waals surface area contributed by atoms with Crippen LogP contribution in [0, 0.1) is 0 Å². The van der Waals surface area contributed by atoms with Crippen molar-refractivity contribution in [1.29, 1.82) is 0 Å². The Kier molecular flexibility index (Phi) is 5.60. The number of benzene rings is 2. The number of hydrogen-bond acceptors (Lipinski definition) is 3. The van der Waals surface area contributed by atoms with Crippen molar-refractivity contribution in [2.45, 2.75) is 17.7 Å². The lowest BCUT2D eigenvalue weighted by Gasteiger charge is -2.16. The van der Waals surface area contributed by atoms with Crippen molar-refractivity contribution < 1.29 is 13.2 Å². The third-order valence-corrected chi connectivity index (χ3v) is 5.91. The van der Waals surface area contributed by atoms with E-state index in [9.17, 15) is 13.2 Å². The molecule has 0 aliphatic carbocycles. The van der Waals surface area contributed by atoms with Crippen LogP contribution in [0.3, 0.4) is 0 Å². The fraction of sp³-hybridized carbons (Fsp3) is 0.235. The fourth-order valence-electron chi connectivity index (χ4n) is 2.62. The molecule has 26 heavy (non-hydrogen) atoms. The lowest BCUT2D eigenvalue weighted by molar-refractivity contribution is 0.222. The van der Waals surface area contributed by atoms with E-state index in [-0.39, 0.29) is 21.6 Å². The maximum absolute atomic E-state index is 12.5. The Labute approximate surface area is 162 Å². The number of urea groups is 1. The smallest absolute Gasteiger partial charge is 0.321 e. The summed E-state index contributed by atoms with van der Waals surface area (Å²) in [6, 6.07) is 10.3. The van der Waals surface area contributed by atoms with Crippen molar-refractivity contribution in [3.63, 3.8) is 0 Å². The van der Waals surface area contributed by atoms with Gasteiger partial charge in [0.25, 0.3) is 10.0 Å². The first-order chi connectivity index (χ1) is 12.3. The topological polar surface area (TPSA) is 78.5 Å². The van der Waals surface area contributed by atoms with Crippen LogP contribution in [0.1, 0.15) is 12.8 Å². The van der Waals surface area contributed by atoms with E-state index in [1.54, 1.807) is 23.1 Å². The Bertz CT molecular complexity index is 911. The quantitative estimate of drug-likeness (QED) is 0.778. The number of carbonyl (C=O) groups excluding carboxylic acids is 1. The Balaban J connectivity index is 1.71. The summed E-state index contributed by atoms with van der Waals surface area (Å²) in [5.74, 6) is 0. The summed E-state index contributed by atoms with van der Waals surface area (Å²) in [4.78, 5) is 13.9. The van der Waals surface area contributed by atoms with Crippen LogP contribution in [0.5, 0.6) is 0 Å². The van der Waals surface area contributed by atoms with E-state index < -0.39 is 10.0 Å². The van der Waals surface area contributed by atoms with E-state index in [1.807, 2.05) is 0 Å². The first kappa shape index (κ1) is 18.8. The molecule has 0 aromatic heterocycles. The monoisotopic (exact) mass is 413 g/mol. The van der Waals surface area contributed by atoms with Crippen LogP contribution in [0.25, 0.3) is 0 Å². The van der Waals surface area contributed by atoms with Gasteiger partial charge in [0.05, 0.1) is 15.6 Å². The third kappa shape index (κ3) is 4.41. The van der Waals surface area contributed by atoms with Gasteiger partial charge in [-0.2, -0.15) is 0 Å². The average molecular weight is 414 g/mol. The van der Waals surface area contributed by atoms with Crippen molar-refractivity contribution in [2.24, 2.45) is 0 Å². The fourth-order valence-corrected chi connectivity index (χ4v) is 4.21. The molecule has 0 radical (unpaired) electrons. The number of nitrogens with one attached hydrogen (secondary N) is 2. The molecule has 1 saturated heterocycles. The molecule has 2 N–H and O–H groups in total. The van der Waals surface area contributed by atoms with Gasteiger partial charge in [-0.25, -0.2) is 13.2 Å². The van der Waals surface area contributed by atoms with E-state index in [0.29, 0.717) is 10.7 Å². The molecular formula is C17H17Cl2N3O3S. The molecule has 2 aromatic rings. The summed E-state index contributed by atoms with van der Waals surface area (Å²) >= 11 is 11.8. The minimum absolute atomic E-state index is 0.0580. The standard InChI is InChI=1S/C17H17Cl2N3O3S/c18-12-3-8-16(15(19)11-12)21-26(24,25)14-6-4-13(5-7-14)20-17(23)22-9-1-2-10-22/h3-8,11,21H,1-2,9-10H2,(H,20,23). The van der Waals surface area contributed by atoms with Gasteiger partial charge in [0, 0.05) is 23.8 Å². The second kappa shape index (κ2) is 7.73. The van der Waals surface area contributed by atoms with Crippen molar-refractivity contribution in [3.05, 3.63) is 52.5 Å². The second-order valence-electron chi connectivity index (χ2n) is 5.88. The Morgan fingerprint density at radius 1 is 1.00 bits per heavy atom. The van der Waals surface area contributed by atoms with E-state index in [0.717, 1.165) is 25.9 Å². The molecule has 0 unspecified atom stereocenters. The van der Waals surface area contributed by atoms with Crippen LogP contribution in [-0.2, 0) is 10.0 Å². The predicted octanol–water partition coefficient (Wildman–Crippen LogP) is 4.42. The van der Waals surface area contributed by atoms with Crippen LogP contribution in [0.15, 0.2) is 47.4 Å². The van der Waals surface area contributed by atoms with Crippen LogP contribution < -0.4 is 10.0 Å². The molecule has 1 aliphatic rings. The molecular weight excluding hydrogens is 397 g/mol. The number of nitrogens with zero attached hydrogens (tertiary/aromatic N) is 1. The molecule has 1 fully saturated rings. The molecule has 0 bridgehead atoms. The number of rotatable bonds is 4.